The number of pyridine rings is 1. The first-order chi connectivity index (χ1) is 16.6. The van der Waals surface area contributed by atoms with Crippen LogP contribution in [0.5, 0.6) is 0 Å². The van der Waals surface area contributed by atoms with Crippen LogP contribution in [0.1, 0.15) is 28.0 Å². The molecule has 3 heterocycles. The predicted molar refractivity (Wildman–Crippen MR) is 131 cm³/mol. The molecule has 0 fully saturated rings. The number of amides is 2. The van der Waals surface area contributed by atoms with Crippen molar-refractivity contribution in [3.8, 4) is 10.6 Å². The second-order valence-electron chi connectivity index (χ2n) is 7.98. The fraction of sp³-hybridized carbons (Fsp3) is 0.154. The van der Waals surface area contributed by atoms with Crippen LogP contribution < -0.4 is 10.2 Å². The Morgan fingerprint density at radius 1 is 1.09 bits per heavy atom. The molecule has 2 aromatic carbocycles. The fourth-order valence-corrected chi connectivity index (χ4v) is 4.87. The number of anilines is 2. The molecule has 4 aromatic rings. The number of thiazole rings is 1. The number of rotatable bonds is 5. The van der Waals surface area contributed by atoms with Gasteiger partial charge in [0.15, 0.2) is 0 Å². The maximum absolute atomic E-state index is 13.2. The van der Waals surface area contributed by atoms with E-state index in [0.717, 1.165) is 40.4 Å². The van der Waals surface area contributed by atoms with E-state index in [9.17, 15) is 14.0 Å². The van der Waals surface area contributed by atoms with Crippen LogP contribution in [0.4, 0.5) is 15.8 Å². The first-order valence-corrected chi connectivity index (χ1v) is 11.8. The van der Waals surface area contributed by atoms with E-state index in [1.807, 2.05) is 35.7 Å². The van der Waals surface area contributed by atoms with Gasteiger partial charge in [-0.05, 0) is 66.9 Å². The summed E-state index contributed by atoms with van der Waals surface area (Å²) in [7, 11) is 0. The first kappa shape index (κ1) is 21.9. The third-order valence-electron chi connectivity index (χ3n) is 5.70. The molecular formula is C26H21FN4O2S. The van der Waals surface area contributed by atoms with Crippen molar-refractivity contribution >= 4 is 34.5 Å². The molecule has 2 amide bonds. The van der Waals surface area contributed by atoms with Gasteiger partial charge in [-0.25, -0.2) is 9.37 Å². The van der Waals surface area contributed by atoms with Gasteiger partial charge < -0.3 is 10.2 Å². The molecule has 0 saturated heterocycles. The van der Waals surface area contributed by atoms with Gasteiger partial charge in [0.2, 0.25) is 5.91 Å². The fourth-order valence-electron chi connectivity index (χ4n) is 4.06. The summed E-state index contributed by atoms with van der Waals surface area (Å²) in [6.07, 6.45) is 5.21. The van der Waals surface area contributed by atoms with Crippen molar-refractivity contribution in [2.24, 2.45) is 0 Å². The van der Waals surface area contributed by atoms with Crippen LogP contribution >= 0.6 is 11.3 Å². The number of carbonyl (C=O) groups excluding carboxylic acids is 2. The van der Waals surface area contributed by atoms with Crippen molar-refractivity contribution in [3.05, 3.63) is 95.0 Å². The number of benzene rings is 2. The largest absolute Gasteiger partial charge is 0.322 e. The van der Waals surface area contributed by atoms with Gasteiger partial charge in [-0.2, -0.15) is 0 Å². The number of fused-ring (bicyclic) bond motifs is 1. The summed E-state index contributed by atoms with van der Waals surface area (Å²) in [6.45, 7) is 0.612. The lowest BCUT2D eigenvalue weighted by Crippen LogP contribution is -2.37. The highest BCUT2D eigenvalue weighted by molar-refractivity contribution is 7.13. The van der Waals surface area contributed by atoms with Gasteiger partial charge in [0.25, 0.3) is 5.91 Å². The summed E-state index contributed by atoms with van der Waals surface area (Å²) in [5, 5.41) is 5.66. The summed E-state index contributed by atoms with van der Waals surface area (Å²) in [5.41, 5.74) is 4.41. The molecule has 0 unspecified atom stereocenters. The molecule has 34 heavy (non-hydrogen) atoms. The van der Waals surface area contributed by atoms with E-state index >= 15 is 0 Å². The summed E-state index contributed by atoms with van der Waals surface area (Å²) in [4.78, 5) is 36.4. The third-order valence-corrected chi connectivity index (χ3v) is 6.64. The Balaban J connectivity index is 1.34. The Morgan fingerprint density at radius 3 is 2.74 bits per heavy atom. The van der Waals surface area contributed by atoms with Crippen molar-refractivity contribution in [3.63, 3.8) is 0 Å². The van der Waals surface area contributed by atoms with Crippen LogP contribution in [0, 0.1) is 5.82 Å². The second-order valence-corrected chi connectivity index (χ2v) is 8.83. The van der Waals surface area contributed by atoms with Crippen LogP contribution in [-0.2, 0) is 17.6 Å². The molecule has 2 aromatic heterocycles. The van der Waals surface area contributed by atoms with Crippen molar-refractivity contribution in [2.45, 2.75) is 19.3 Å². The number of nitrogens with zero attached hydrogens (tertiary/aromatic N) is 3. The third kappa shape index (κ3) is 4.58. The second kappa shape index (κ2) is 9.52. The summed E-state index contributed by atoms with van der Waals surface area (Å²) in [5.74, 6) is -0.747. The predicted octanol–water partition coefficient (Wildman–Crippen LogP) is 5.12. The minimum absolute atomic E-state index is 0.0361. The van der Waals surface area contributed by atoms with E-state index in [1.54, 1.807) is 17.3 Å². The lowest BCUT2D eigenvalue weighted by atomic mass is 9.99. The molecule has 0 spiro atoms. The summed E-state index contributed by atoms with van der Waals surface area (Å²) >= 11 is 1.49. The number of nitrogens with one attached hydrogen (secondary N) is 1. The highest BCUT2D eigenvalue weighted by atomic mass is 32.1. The van der Waals surface area contributed by atoms with E-state index in [-0.39, 0.29) is 18.2 Å². The molecule has 0 bridgehead atoms. The van der Waals surface area contributed by atoms with E-state index < -0.39 is 5.82 Å². The average molecular weight is 473 g/mol. The number of hydrogen-bond acceptors (Lipinski definition) is 5. The normalized spacial score (nSPS) is 12.8. The average Bonchev–Trinajstić information content (AvgIpc) is 3.33. The first-order valence-electron chi connectivity index (χ1n) is 10.9. The van der Waals surface area contributed by atoms with Gasteiger partial charge in [-0.15, -0.1) is 11.3 Å². The summed E-state index contributed by atoms with van der Waals surface area (Å²) < 4.78 is 13.2. The zero-order valence-electron chi connectivity index (χ0n) is 18.2. The maximum atomic E-state index is 13.2. The highest BCUT2D eigenvalue weighted by Gasteiger charge is 2.25. The van der Waals surface area contributed by atoms with E-state index in [0.29, 0.717) is 17.8 Å². The Kier molecular flexibility index (Phi) is 6.14. The van der Waals surface area contributed by atoms with Gasteiger partial charge in [-0.3, -0.25) is 14.6 Å². The Hall–Kier alpha value is -3.91. The molecule has 0 atom stereocenters. The van der Waals surface area contributed by atoms with E-state index in [2.05, 4.69) is 15.3 Å². The monoisotopic (exact) mass is 472 g/mol. The van der Waals surface area contributed by atoms with Crippen molar-refractivity contribution < 1.29 is 14.0 Å². The molecular weight excluding hydrogens is 451 g/mol. The Labute approximate surface area is 200 Å². The lowest BCUT2D eigenvalue weighted by molar-refractivity contribution is -0.118. The molecule has 0 saturated carbocycles. The highest BCUT2D eigenvalue weighted by Crippen LogP contribution is 2.34. The molecule has 0 aliphatic carbocycles. The van der Waals surface area contributed by atoms with Crippen LogP contribution in [0.25, 0.3) is 10.6 Å². The van der Waals surface area contributed by atoms with Gasteiger partial charge in [0.1, 0.15) is 10.8 Å². The SMILES string of the molecule is O=C(Nc1cccc2c1CCCN2C(=O)Cc1csc(-c2cccnc2)n1)c1ccc(F)cc1. The lowest BCUT2D eigenvalue weighted by Gasteiger charge is -2.31. The number of carbonyl (C=O) groups is 2. The summed E-state index contributed by atoms with van der Waals surface area (Å²) in [6, 6.07) is 14.8. The van der Waals surface area contributed by atoms with E-state index in [1.165, 1.54) is 35.6 Å². The standard InChI is InChI=1S/C26H21FN4O2S/c27-19-10-8-17(9-11-19)25(33)30-22-6-1-7-23-21(22)5-3-13-31(23)24(32)14-20-16-34-26(29-20)18-4-2-12-28-15-18/h1-2,4,6-12,15-16H,3,5,13-14H2,(H,30,33). The zero-order valence-corrected chi connectivity index (χ0v) is 19.0. The van der Waals surface area contributed by atoms with Crippen molar-refractivity contribution in [1.29, 1.82) is 0 Å². The molecule has 8 heteroatoms. The minimum atomic E-state index is -0.393. The quantitative estimate of drug-likeness (QED) is 0.438. The van der Waals surface area contributed by atoms with E-state index in [4.69, 9.17) is 0 Å². The van der Waals surface area contributed by atoms with Gasteiger partial charge in [0.05, 0.1) is 12.1 Å². The maximum Gasteiger partial charge on any atom is 0.255 e. The Morgan fingerprint density at radius 2 is 1.94 bits per heavy atom. The van der Waals surface area contributed by atoms with Crippen LogP contribution in [0.15, 0.2) is 72.4 Å². The van der Waals surface area contributed by atoms with Gasteiger partial charge in [0, 0.05) is 46.8 Å². The smallest absolute Gasteiger partial charge is 0.255 e. The molecule has 0 radical (unpaired) electrons. The molecule has 6 nitrogen and oxygen atoms in total. The molecule has 1 aliphatic heterocycles. The van der Waals surface area contributed by atoms with Crippen LogP contribution in [0.3, 0.4) is 0 Å². The number of aromatic nitrogens is 2. The molecule has 1 aliphatic rings. The van der Waals surface area contributed by atoms with Crippen LogP contribution in [-0.4, -0.2) is 28.3 Å². The zero-order chi connectivity index (χ0) is 23.5. The Bertz CT molecular complexity index is 1340. The van der Waals surface area contributed by atoms with Crippen molar-refractivity contribution in [2.75, 3.05) is 16.8 Å². The van der Waals surface area contributed by atoms with Crippen LogP contribution in [0.2, 0.25) is 0 Å². The van der Waals surface area contributed by atoms with Gasteiger partial charge in [-0.1, -0.05) is 6.07 Å². The topological polar surface area (TPSA) is 75.2 Å². The molecule has 5 rings (SSSR count). The number of hydrogen-bond donors (Lipinski definition) is 1. The van der Waals surface area contributed by atoms with Crippen molar-refractivity contribution in [1.82, 2.24) is 9.97 Å². The van der Waals surface area contributed by atoms with Gasteiger partial charge >= 0.3 is 0 Å². The molecule has 1 N–H and O–H groups in total. The molecule has 170 valence electrons. The minimum Gasteiger partial charge on any atom is -0.322 e. The number of halogens is 1.